The molecule has 4 heterocycles. The van der Waals surface area contributed by atoms with Crippen LogP contribution < -0.4 is 0 Å². The number of ketones is 1. The molecule has 5 rings (SSSR count). The quantitative estimate of drug-likeness (QED) is 0.459. The van der Waals surface area contributed by atoms with Crippen LogP contribution in [0.25, 0.3) is 22.0 Å². The van der Waals surface area contributed by atoms with Crippen LogP contribution in [0.4, 0.5) is 0 Å². The van der Waals surface area contributed by atoms with Crippen LogP contribution in [-0.4, -0.2) is 55.6 Å². The number of fused-ring (bicyclic) bond motifs is 1. The van der Waals surface area contributed by atoms with Crippen LogP contribution in [0.5, 0.6) is 0 Å². The molecular formula is C23H24N6O2. The Hall–Kier alpha value is -3.39. The number of carbonyl (C=O) groups is 1. The fraction of sp³-hybridized carbons (Fsp3) is 0.348. The maximum Gasteiger partial charge on any atom is 0.197 e. The molecule has 0 aliphatic carbocycles. The highest BCUT2D eigenvalue weighted by atomic mass is 16.3. The van der Waals surface area contributed by atoms with Gasteiger partial charge < -0.3 is 9.32 Å². The van der Waals surface area contributed by atoms with Gasteiger partial charge in [-0.3, -0.25) is 9.48 Å². The monoisotopic (exact) mass is 419 g/mol. The molecule has 158 valence electrons. The van der Waals surface area contributed by atoms with Crippen LogP contribution in [0.15, 0.2) is 47.5 Å². The number of likely N-dealkylation sites (tertiary alicyclic amines) is 1. The van der Waals surface area contributed by atoms with E-state index in [2.05, 4.69) is 32.0 Å². The number of hydrogen-bond acceptors (Lipinski definition) is 7. The summed E-state index contributed by atoms with van der Waals surface area (Å²) in [4.78, 5) is 28.4. The molecule has 1 aromatic carbocycles. The van der Waals surface area contributed by atoms with Crippen LogP contribution in [0.2, 0.25) is 0 Å². The van der Waals surface area contributed by atoms with Crippen molar-refractivity contribution in [3.05, 3.63) is 60.5 Å². The molecule has 4 aromatic rings. The molecule has 0 amide bonds. The maximum atomic E-state index is 12.8. The summed E-state index contributed by atoms with van der Waals surface area (Å²) in [5.74, 6) is 1.05. The van der Waals surface area contributed by atoms with E-state index in [0.717, 1.165) is 41.6 Å². The van der Waals surface area contributed by atoms with E-state index in [1.54, 1.807) is 6.20 Å². The summed E-state index contributed by atoms with van der Waals surface area (Å²) >= 11 is 0. The van der Waals surface area contributed by atoms with Gasteiger partial charge in [0.1, 0.15) is 17.8 Å². The molecule has 0 bridgehead atoms. The first kappa shape index (κ1) is 16.3. The van der Waals surface area contributed by atoms with Gasteiger partial charge >= 0.3 is 0 Å². The van der Waals surface area contributed by atoms with Gasteiger partial charge in [-0.05, 0) is 44.6 Å². The molecule has 1 aliphatic heterocycles. The molecule has 0 radical (unpaired) electrons. The molecule has 1 fully saturated rings. The second-order valence-electron chi connectivity index (χ2n) is 7.98. The summed E-state index contributed by atoms with van der Waals surface area (Å²) < 4.78 is 29.0. The Labute approximate surface area is 184 Å². The van der Waals surface area contributed by atoms with Crippen molar-refractivity contribution in [3.63, 3.8) is 0 Å². The van der Waals surface area contributed by atoms with Crippen molar-refractivity contribution in [1.29, 1.82) is 0 Å². The Balaban J connectivity index is 1.33. The molecule has 31 heavy (non-hydrogen) atoms. The SMILES string of the molecule is [2H]C([2H])([2H])n1cc(-c2ccc3cnc(CC(=O)c4coc(C5CCN(C)CC5)n4)nc3c2)cn1. The van der Waals surface area contributed by atoms with Crippen LogP contribution in [0.1, 0.15) is 45.1 Å². The van der Waals surface area contributed by atoms with Crippen molar-refractivity contribution >= 4 is 16.7 Å². The largest absolute Gasteiger partial charge is 0.448 e. The zero-order valence-electron chi connectivity index (χ0n) is 20.2. The molecular weight excluding hydrogens is 392 g/mol. The molecule has 1 saturated heterocycles. The Bertz CT molecular complexity index is 1340. The Morgan fingerprint density at radius 3 is 2.90 bits per heavy atom. The number of rotatable bonds is 5. The molecule has 0 unspecified atom stereocenters. The minimum Gasteiger partial charge on any atom is -0.448 e. The van der Waals surface area contributed by atoms with Crippen LogP contribution >= 0.6 is 0 Å². The van der Waals surface area contributed by atoms with Crippen molar-refractivity contribution in [2.45, 2.75) is 25.2 Å². The van der Waals surface area contributed by atoms with E-state index in [-0.39, 0.29) is 18.1 Å². The number of oxazole rings is 1. The Morgan fingerprint density at radius 1 is 1.23 bits per heavy atom. The lowest BCUT2D eigenvalue weighted by Crippen LogP contribution is -2.29. The minimum atomic E-state index is -2.33. The predicted octanol–water partition coefficient (Wildman–Crippen LogP) is 3.25. The van der Waals surface area contributed by atoms with Crippen molar-refractivity contribution in [2.24, 2.45) is 6.98 Å². The molecule has 0 atom stereocenters. The predicted molar refractivity (Wildman–Crippen MR) is 116 cm³/mol. The summed E-state index contributed by atoms with van der Waals surface area (Å²) in [5.41, 5.74) is 2.39. The van der Waals surface area contributed by atoms with Gasteiger partial charge in [0.2, 0.25) is 0 Å². The first-order chi connectivity index (χ1) is 16.3. The average molecular weight is 420 g/mol. The van der Waals surface area contributed by atoms with Crippen molar-refractivity contribution in [3.8, 4) is 11.1 Å². The third-order valence-corrected chi connectivity index (χ3v) is 5.74. The van der Waals surface area contributed by atoms with Crippen molar-refractivity contribution < 1.29 is 13.3 Å². The second-order valence-corrected chi connectivity index (χ2v) is 7.98. The third-order valence-electron chi connectivity index (χ3n) is 5.74. The van der Waals surface area contributed by atoms with Gasteiger partial charge in [0.15, 0.2) is 11.7 Å². The number of benzene rings is 1. The van der Waals surface area contributed by atoms with Crippen LogP contribution in [0.3, 0.4) is 0 Å². The Morgan fingerprint density at radius 2 is 2.10 bits per heavy atom. The number of hydrogen-bond donors (Lipinski definition) is 0. The topological polar surface area (TPSA) is 89.9 Å². The van der Waals surface area contributed by atoms with Crippen LogP contribution in [0, 0.1) is 0 Å². The van der Waals surface area contributed by atoms with Gasteiger partial charge in [-0.2, -0.15) is 5.10 Å². The van der Waals surface area contributed by atoms with Crippen molar-refractivity contribution in [2.75, 3.05) is 20.1 Å². The average Bonchev–Trinajstić information content (AvgIpc) is 3.49. The number of carbonyl (C=O) groups excluding carboxylic acids is 1. The van der Waals surface area contributed by atoms with E-state index < -0.39 is 6.98 Å². The first-order valence-electron chi connectivity index (χ1n) is 11.7. The lowest BCUT2D eigenvalue weighted by atomic mass is 9.97. The Kier molecular flexibility index (Phi) is 4.23. The van der Waals surface area contributed by atoms with E-state index in [4.69, 9.17) is 8.53 Å². The summed E-state index contributed by atoms with van der Waals surface area (Å²) in [7, 11) is 2.09. The van der Waals surface area contributed by atoms with Crippen molar-refractivity contribution in [1.82, 2.24) is 29.6 Å². The van der Waals surface area contributed by atoms with E-state index in [1.165, 1.54) is 18.7 Å². The highest BCUT2D eigenvalue weighted by molar-refractivity contribution is 5.95. The number of Topliss-reactive ketones (excluding diaryl/α,β-unsaturated/α-hetero) is 1. The van der Waals surface area contributed by atoms with Gasteiger partial charge in [-0.25, -0.2) is 15.0 Å². The first-order valence-corrected chi connectivity index (χ1v) is 10.2. The zero-order valence-corrected chi connectivity index (χ0v) is 17.2. The third kappa shape index (κ3) is 4.11. The minimum absolute atomic E-state index is 0.0104. The van der Waals surface area contributed by atoms with Gasteiger partial charge in [-0.1, -0.05) is 12.1 Å². The maximum absolute atomic E-state index is 12.8. The fourth-order valence-electron chi connectivity index (χ4n) is 3.89. The number of piperidine rings is 1. The molecule has 8 nitrogen and oxygen atoms in total. The van der Waals surface area contributed by atoms with Gasteiger partial charge in [-0.15, -0.1) is 0 Å². The lowest BCUT2D eigenvalue weighted by Gasteiger charge is -2.26. The van der Waals surface area contributed by atoms with E-state index in [1.807, 2.05) is 18.2 Å². The smallest absolute Gasteiger partial charge is 0.197 e. The standard InChI is InChI=1S/C23H24N6O2/c1-28-7-5-15(6-8-28)23-27-20(14-31-23)21(30)10-22-24-11-17-4-3-16(9-19(17)26-22)18-12-25-29(2)13-18/h3-4,9,11-15H,5-8,10H2,1-2H3/i2D3. The summed E-state index contributed by atoms with van der Waals surface area (Å²) in [6, 6.07) is 5.55. The summed E-state index contributed by atoms with van der Waals surface area (Å²) in [5, 5.41) is 4.75. The second kappa shape index (κ2) is 8.03. The highest BCUT2D eigenvalue weighted by Gasteiger charge is 2.24. The summed E-state index contributed by atoms with van der Waals surface area (Å²) in [6.07, 6.45) is 8.03. The van der Waals surface area contributed by atoms with Gasteiger partial charge in [0.05, 0.1) is 18.1 Å². The fourth-order valence-corrected chi connectivity index (χ4v) is 3.89. The molecule has 1 aliphatic rings. The number of aromatic nitrogens is 5. The van der Waals surface area contributed by atoms with E-state index in [9.17, 15) is 4.79 Å². The van der Waals surface area contributed by atoms with Gasteiger partial charge in [0.25, 0.3) is 0 Å². The highest BCUT2D eigenvalue weighted by Crippen LogP contribution is 2.27. The number of aryl methyl sites for hydroxylation is 1. The van der Waals surface area contributed by atoms with E-state index >= 15 is 0 Å². The lowest BCUT2D eigenvalue weighted by molar-refractivity contribution is 0.0986. The molecule has 0 N–H and O–H groups in total. The van der Waals surface area contributed by atoms with E-state index in [0.29, 0.717) is 28.5 Å². The zero-order chi connectivity index (χ0) is 23.9. The summed E-state index contributed by atoms with van der Waals surface area (Å²) in [6.45, 7) is -0.362. The molecule has 3 aromatic heterocycles. The number of nitrogens with zero attached hydrogens (tertiary/aromatic N) is 6. The molecule has 8 heteroatoms. The van der Waals surface area contributed by atoms with Crippen LogP contribution in [-0.2, 0) is 13.4 Å². The van der Waals surface area contributed by atoms with Gasteiger partial charge in [0, 0.05) is 40.3 Å². The molecule has 0 saturated carbocycles. The molecule has 0 spiro atoms. The normalized spacial score (nSPS) is 17.4.